The Morgan fingerprint density at radius 2 is 2.00 bits per heavy atom. The predicted octanol–water partition coefficient (Wildman–Crippen LogP) is 4.71. The van der Waals surface area contributed by atoms with E-state index in [9.17, 15) is 4.79 Å². The van der Waals surface area contributed by atoms with Gasteiger partial charge in [-0.15, -0.1) is 0 Å². The van der Waals surface area contributed by atoms with E-state index in [-0.39, 0.29) is 11.9 Å². The van der Waals surface area contributed by atoms with E-state index in [4.69, 9.17) is 13.9 Å². The van der Waals surface area contributed by atoms with Crippen molar-refractivity contribution in [3.8, 4) is 11.5 Å². The number of ether oxygens (including phenoxy) is 2. The van der Waals surface area contributed by atoms with Gasteiger partial charge in [-0.1, -0.05) is 6.92 Å². The van der Waals surface area contributed by atoms with Crippen LogP contribution >= 0.6 is 0 Å². The Kier molecular flexibility index (Phi) is 4.30. The second kappa shape index (κ2) is 6.87. The summed E-state index contributed by atoms with van der Waals surface area (Å²) in [7, 11) is 3.23. The summed E-state index contributed by atoms with van der Waals surface area (Å²) in [6.07, 6.45) is 3.27. The number of H-pyrrole nitrogens is 1. The summed E-state index contributed by atoms with van der Waals surface area (Å²) < 4.78 is 16.9. The van der Waals surface area contributed by atoms with E-state index in [1.165, 1.54) is 6.42 Å². The lowest BCUT2D eigenvalue weighted by molar-refractivity contribution is 0.0711. The third-order valence-corrected chi connectivity index (χ3v) is 6.08. The molecular weight excluding hydrogens is 368 g/mol. The summed E-state index contributed by atoms with van der Waals surface area (Å²) in [5.41, 5.74) is 1.36. The molecule has 1 N–H and O–H groups in total. The molecular formula is C23H26N2O4. The highest BCUT2D eigenvalue weighted by Gasteiger charge is 2.38. The lowest BCUT2D eigenvalue weighted by Gasteiger charge is -2.20. The molecule has 2 aromatic heterocycles. The van der Waals surface area contributed by atoms with Crippen molar-refractivity contribution >= 4 is 16.8 Å². The van der Waals surface area contributed by atoms with Gasteiger partial charge in [0.05, 0.1) is 26.3 Å². The van der Waals surface area contributed by atoms with Gasteiger partial charge >= 0.3 is 0 Å². The van der Waals surface area contributed by atoms with E-state index in [0.29, 0.717) is 35.6 Å². The van der Waals surface area contributed by atoms with E-state index in [0.717, 1.165) is 35.3 Å². The molecule has 152 valence electrons. The normalized spacial score (nSPS) is 20.7. The van der Waals surface area contributed by atoms with Gasteiger partial charge in [0, 0.05) is 23.4 Å². The van der Waals surface area contributed by atoms with E-state index in [1.54, 1.807) is 14.2 Å². The van der Waals surface area contributed by atoms with Gasteiger partial charge < -0.3 is 23.8 Å². The van der Waals surface area contributed by atoms with Gasteiger partial charge in [0.25, 0.3) is 5.91 Å². The molecule has 0 spiro atoms. The van der Waals surface area contributed by atoms with Crippen molar-refractivity contribution in [3.05, 3.63) is 47.5 Å². The smallest absolute Gasteiger partial charge is 0.270 e. The monoisotopic (exact) mass is 394 g/mol. The molecule has 2 aliphatic carbocycles. The lowest BCUT2D eigenvalue weighted by atomic mass is 10.2. The zero-order valence-electron chi connectivity index (χ0n) is 17.0. The average Bonchev–Trinajstić information content (AvgIpc) is 3.61. The van der Waals surface area contributed by atoms with Crippen molar-refractivity contribution < 1.29 is 18.7 Å². The van der Waals surface area contributed by atoms with E-state index in [1.807, 2.05) is 29.2 Å². The Morgan fingerprint density at radius 1 is 1.21 bits per heavy atom. The fraction of sp³-hybridized carbons (Fsp3) is 0.435. The molecule has 1 aromatic carbocycles. The van der Waals surface area contributed by atoms with Crippen molar-refractivity contribution in [2.45, 2.75) is 44.7 Å². The summed E-state index contributed by atoms with van der Waals surface area (Å²) in [4.78, 5) is 18.5. The van der Waals surface area contributed by atoms with Gasteiger partial charge in [0.15, 0.2) is 0 Å². The van der Waals surface area contributed by atoms with Gasteiger partial charge in [-0.3, -0.25) is 4.79 Å². The fourth-order valence-electron chi connectivity index (χ4n) is 4.05. The number of furan rings is 1. The first-order chi connectivity index (χ1) is 14.1. The number of nitrogens with zero attached hydrogens (tertiary/aromatic N) is 1. The number of methoxy groups -OCH3 is 2. The number of rotatable bonds is 7. The summed E-state index contributed by atoms with van der Waals surface area (Å²) in [5.74, 6) is 4.50. The second-order valence-corrected chi connectivity index (χ2v) is 8.26. The number of hydrogen-bond donors (Lipinski definition) is 1. The lowest BCUT2D eigenvalue weighted by Crippen LogP contribution is -2.32. The number of fused-ring (bicyclic) bond motifs is 1. The van der Waals surface area contributed by atoms with Crippen LogP contribution in [0.25, 0.3) is 10.9 Å². The SMILES string of the molecule is COc1cc(OC)c2[nH]c(C(=O)N(Cc3ccc([C@H]4C[C@@H]4C)o3)C3CC3)cc2c1. The molecule has 0 bridgehead atoms. The molecule has 0 unspecified atom stereocenters. The largest absolute Gasteiger partial charge is 0.497 e. The first-order valence-electron chi connectivity index (χ1n) is 10.2. The summed E-state index contributed by atoms with van der Waals surface area (Å²) >= 11 is 0. The summed E-state index contributed by atoms with van der Waals surface area (Å²) in [6, 6.07) is 9.95. The number of hydrogen-bond acceptors (Lipinski definition) is 4. The van der Waals surface area contributed by atoms with Crippen LogP contribution in [0.1, 0.15) is 54.1 Å². The Hall–Kier alpha value is -2.89. The number of aromatic amines is 1. The molecule has 0 saturated heterocycles. The Morgan fingerprint density at radius 3 is 2.66 bits per heavy atom. The Labute approximate surface area is 169 Å². The number of benzene rings is 1. The molecule has 2 heterocycles. The fourth-order valence-corrected chi connectivity index (χ4v) is 4.05. The Bertz CT molecular complexity index is 1060. The number of carbonyl (C=O) groups excluding carboxylic acids is 1. The molecule has 6 heteroatoms. The van der Waals surface area contributed by atoms with Gasteiger partial charge in [-0.2, -0.15) is 0 Å². The molecule has 3 aromatic rings. The maximum Gasteiger partial charge on any atom is 0.270 e. The second-order valence-electron chi connectivity index (χ2n) is 8.26. The van der Waals surface area contributed by atoms with Crippen LogP contribution in [-0.4, -0.2) is 36.1 Å². The van der Waals surface area contributed by atoms with Crippen LogP contribution in [0.15, 0.2) is 34.7 Å². The van der Waals surface area contributed by atoms with E-state index >= 15 is 0 Å². The zero-order chi connectivity index (χ0) is 20.1. The van der Waals surface area contributed by atoms with E-state index < -0.39 is 0 Å². The molecule has 1 amide bonds. The number of nitrogens with one attached hydrogen (secondary N) is 1. The molecule has 2 aliphatic rings. The number of aromatic nitrogens is 1. The highest BCUT2D eigenvalue weighted by atomic mass is 16.5. The van der Waals surface area contributed by atoms with Crippen LogP contribution in [-0.2, 0) is 6.54 Å². The van der Waals surface area contributed by atoms with E-state index in [2.05, 4.69) is 18.0 Å². The molecule has 29 heavy (non-hydrogen) atoms. The molecule has 2 atom stereocenters. The van der Waals surface area contributed by atoms with Crippen molar-refractivity contribution in [2.24, 2.45) is 5.92 Å². The summed E-state index contributed by atoms with van der Waals surface area (Å²) in [6.45, 7) is 2.74. The third-order valence-electron chi connectivity index (χ3n) is 6.08. The highest BCUT2D eigenvalue weighted by Crippen LogP contribution is 2.47. The maximum atomic E-state index is 13.3. The first kappa shape index (κ1) is 18.2. The van der Waals surface area contributed by atoms with Gasteiger partial charge in [0.2, 0.25) is 0 Å². The Balaban J connectivity index is 1.42. The van der Waals surface area contributed by atoms with Gasteiger partial charge in [-0.25, -0.2) is 0 Å². The van der Waals surface area contributed by atoms with Crippen LogP contribution in [0.5, 0.6) is 11.5 Å². The van der Waals surface area contributed by atoms with Gasteiger partial charge in [0.1, 0.15) is 28.7 Å². The van der Waals surface area contributed by atoms with Crippen LogP contribution in [0, 0.1) is 5.92 Å². The van der Waals surface area contributed by atoms with Crippen molar-refractivity contribution in [1.29, 1.82) is 0 Å². The zero-order valence-corrected chi connectivity index (χ0v) is 17.0. The first-order valence-corrected chi connectivity index (χ1v) is 10.2. The molecule has 0 aliphatic heterocycles. The molecule has 2 fully saturated rings. The predicted molar refractivity (Wildman–Crippen MR) is 110 cm³/mol. The van der Waals surface area contributed by atoms with Crippen molar-refractivity contribution in [3.63, 3.8) is 0 Å². The molecule has 6 nitrogen and oxygen atoms in total. The minimum Gasteiger partial charge on any atom is -0.497 e. The molecule has 0 radical (unpaired) electrons. The highest BCUT2D eigenvalue weighted by molar-refractivity contribution is 6.00. The van der Waals surface area contributed by atoms with Crippen LogP contribution in [0.3, 0.4) is 0 Å². The summed E-state index contributed by atoms with van der Waals surface area (Å²) in [5, 5.41) is 0.892. The quantitative estimate of drug-likeness (QED) is 0.630. The number of amides is 1. The van der Waals surface area contributed by atoms with Crippen molar-refractivity contribution in [1.82, 2.24) is 9.88 Å². The van der Waals surface area contributed by atoms with Crippen LogP contribution in [0.4, 0.5) is 0 Å². The minimum atomic E-state index is -0.0116. The topological polar surface area (TPSA) is 67.7 Å². The molecule has 2 saturated carbocycles. The maximum absolute atomic E-state index is 13.3. The standard InChI is InChI=1S/C23H26N2O4/c1-13-8-18(13)20-7-6-16(29-20)12-25(15-4-5-15)23(26)19-10-14-9-17(27-2)11-21(28-3)22(14)24-19/h6-7,9-11,13,15,18,24H,4-5,8,12H2,1-3H3/t13-,18-/m0/s1. The molecule has 5 rings (SSSR count). The number of carbonyl (C=O) groups is 1. The average molecular weight is 394 g/mol. The van der Waals surface area contributed by atoms with Crippen LogP contribution < -0.4 is 9.47 Å². The minimum absolute atomic E-state index is 0.0116. The third kappa shape index (κ3) is 3.37. The van der Waals surface area contributed by atoms with Crippen LogP contribution in [0.2, 0.25) is 0 Å². The van der Waals surface area contributed by atoms with Gasteiger partial charge in [-0.05, 0) is 49.4 Å². The van der Waals surface area contributed by atoms with Crippen molar-refractivity contribution in [2.75, 3.05) is 14.2 Å².